The van der Waals surface area contributed by atoms with Crippen LogP contribution in [0, 0.1) is 5.82 Å². The summed E-state index contributed by atoms with van der Waals surface area (Å²) in [4.78, 5) is 35.4. The Morgan fingerprint density at radius 2 is 1.46 bits per heavy atom. The fraction of sp³-hybridized carbons (Fsp3) is 0.312. The van der Waals surface area contributed by atoms with Crippen LogP contribution in [-0.2, 0) is 45.7 Å². The number of hydrogen-bond acceptors (Lipinski definition) is 5. The number of amides is 3. The van der Waals surface area contributed by atoms with Crippen molar-refractivity contribution in [3.63, 3.8) is 0 Å². The maximum atomic E-state index is 13.7. The summed E-state index contributed by atoms with van der Waals surface area (Å²) in [6.45, 7) is 1.39. The Labute approximate surface area is 238 Å². The van der Waals surface area contributed by atoms with E-state index >= 15 is 0 Å². The third kappa shape index (κ3) is 5.63. The van der Waals surface area contributed by atoms with Gasteiger partial charge in [-0.15, -0.1) is 0 Å². The minimum Gasteiger partial charge on any atom is -0.355 e. The summed E-state index contributed by atoms with van der Waals surface area (Å²) >= 11 is 0. The predicted molar refractivity (Wildman–Crippen MR) is 156 cm³/mol. The lowest BCUT2D eigenvalue weighted by molar-refractivity contribution is -0.117. The first kappa shape index (κ1) is 28.2. The second-order valence-electron chi connectivity index (χ2n) is 10.5. The smallest absolute Gasteiger partial charge is 0.253 e. The lowest BCUT2D eigenvalue weighted by Gasteiger charge is -2.37. The van der Waals surface area contributed by atoms with Gasteiger partial charge in [0, 0.05) is 13.1 Å². The van der Waals surface area contributed by atoms with E-state index < -0.39 is 5.41 Å². The van der Waals surface area contributed by atoms with E-state index in [1.807, 2.05) is 12.1 Å². The van der Waals surface area contributed by atoms with Crippen LogP contribution in [-0.4, -0.2) is 31.0 Å². The largest absolute Gasteiger partial charge is 0.355 e. The summed E-state index contributed by atoms with van der Waals surface area (Å²) in [5.74, 6) is -0.551. The number of carbonyl (C=O) groups is 3. The highest BCUT2D eigenvalue weighted by Crippen LogP contribution is 2.47. The van der Waals surface area contributed by atoms with E-state index in [-0.39, 0.29) is 18.1 Å². The molecule has 8 nitrogen and oxygen atoms in total. The fourth-order valence-corrected chi connectivity index (χ4v) is 6.20. The highest BCUT2D eigenvalue weighted by Gasteiger charge is 2.47. The van der Waals surface area contributed by atoms with Crippen molar-refractivity contribution in [2.75, 3.05) is 11.6 Å². The van der Waals surface area contributed by atoms with E-state index in [9.17, 15) is 18.8 Å². The van der Waals surface area contributed by atoms with Crippen LogP contribution in [0.25, 0.3) is 0 Å². The SMILES string of the molecule is NCCCCC1(C2=NN(c3ccc(F)cc3)C(=O)C2)c2ccc(CNC=O)cc2CCc2cc(CNC=O)ccc21. The predicted octanol–water partition coefficient (Wildman–Crippen LogP) is 3.62. The maximum Gasteiger partial charge on any atom is 0.253 e. The number of halogens is 1. The molecule has 1 heterocycles. The van der Waals surface area contributed by atoms with E-state index in [2.05, 4.69) is 34.9 Å². The van der Waals surface area contributed by atoms with Crippen LogP contribution in [0.15, 0.2) is 65.8 Å². The fourth-order valence-electron chi connectivity index (χ4n) is 6.20. The standard InChI is InChI=1S/C32H34FN5O3/c33-26-7-9-27(10-8-26)38-31(41)17-30(37-38)32(13-1-2-14-34)28-11-3-22(18-35-20-39)15-24(28)5-6-25-16-23(19-36-21-40)4-12-29(25)32/h3-4,7-12,15-16,20-21H,1-2,5-6,13-14,17-19,34H2,(H,35,39)(H,36,40). The number of nitrogens with zero attached hydrogens (tertiary/aromatic N) is 2. The van der Waals surface area contributed by atoms with Gasteiger partial charge in [-0.05, 0) is 89.9 Å². The van der Waals surface area contributed by atoms with Gasteiger partial charge in [-0.3, -0.25) is 14.4 Å². The number of anilines is 1. The summed E-state index contributed by atoms with van der Waals surface area (Å²) in [5.41, 5.74) is 12.9. The van der Waals surface area contributed by atoms with Crippen molar-refractivity contribution >= 4 is 30.1 Å². The number of benzene rings is 3. The number of carbonyl (C=O) groups excluding carboxylic acids is 3. The third-order valence-corrected chi connectivity index (χ3v) is 8.05. The van der Waals surface area contributed by atoms with Gasteiger partial charge in [-0.25, -0.2) is 9.40 Å². The van der Waals surface area contributed by atoms with Gasteiger partial charge in [0.1, 0.15) is 5.82 Å². The Bertz CT molecular complexity index is 1410. The number of unbranched alkanes of at least 4 members (excludes halogenated alkanes) is 1. The molecule has 3 amide bonds. The number of nitrogens with one attached hydrogen (secondary N) is 2. The first-order chi connectivity index (χ1) is 20.0. The molecule has 0 atom stereocenters. The van der Waals surface area contributed by atoms with Crippen LogP contribution in [0.4, 0.5) is 10.1 Å². The van der Waals surface area contributed by atoms with Crippen molar-refractivity contribution < 1.29 is 18.8 Å². The number of rotatable bonds is 12. The van der Waals surface area contributed by atoms with E-state index in [1.165, 1.54) is 17.1 Å². The molecule has 0 saturated heterocycles. The van der Waals surface area contributed by atoms with Crippen LogP contribution in [0.1, 0.15) is 59.1 Å². The van der Waals surface area contributed by atoms with Crippen LogP contribution in [0.2, 0.25) is 0 Å². The van der Waals surface area contributed by atoms with Crippen molar-refractivity contribution in [1.29, 1.82) is 0 Å². The van der Waals surface area contributed by atoms with E-state index in [0.29, 0.717) is 44.6 Å². The summed E-state index contributed by atoms with van der Waals surface area (Å²) in [7, 11) is 0. The Balaban J connectivity index is 1.71. The number of nitrogens with two attached hydrogens (primary N) is 1. The molecule has 41 heavy (non-hydrogen) atoms. The molecule has 4 N–H and O–H groups in total. The zero-order valence-electron chi connectivity index (χ0n) is 22.9. The molecule has 0 radical (unpaired) electrons. The minimum absolute atomic E-state index is 0.127. The third-order valence-electron chi connectivity index (χ3n) is 8.05. The van der Waals surface area contributed by atoms with Gasteiger partial charge in [-0.2, -0.15) is 5.10 Å². The van der Waals surface area contributed by atoms with Gasteiger partial charge in [-0.1, -0.05) is 42.8 Å². The average molecular weight is 556 g/mol. The van der Waals surface area contributed by atoms with Gasteiger partial charge < -0.3 is 16.4 Å². The van der Waals surface area contributed by atoms with E-state index in [4.69, 9.17) is 10.8 Å². The Morgan fingerprint density at radius 3 is 2.00 bits per heavy atom. The molecule has 0 aromatic heterocycles. The molecule has 3 aromatic rings. The molecule has 0 saturated carbocycles. The average Bonchev–Trinajstić information content (AvgIpc) is 3.32. The summed E-state index contributed by atoms with van der Waals surface area (Å²) in [6.07, 6.45) is 5.38. The molecular weight excluding hydrogens is 521 g/mol. The zero-order chi connectivity index (χ0) is 28.8. The van der Waals surface area contributed by atoms with Gasteiger partial charge in [0.25, 0.3) is 5.91 Å². The van der Waals surface area contributed by atoms with Crippen molar-refractivity contribution in [1.82, 2.24) is 10.6 Å². The lowest BCUT2D eigenvalue weighted by atomic mass is 9.65. The number of fused-ring (bicyclic) bond motifs is 2. The Hall–Kier alpha value is -4.37. The second kappa shape index (κ2) is 12.4. The highest BCUT2D eigenvalue weighted by atomic mass is 19.1. The molecule has 2 aliphatic rings. The highest BCUT2D eigenvalue weighted by molar-refractivity contribution is 6.18. The quantitative estimate of drug-likeness (QED) is 0.234. The van der Waals surface area contributed by atoms with Gasteiger partial charge in [0.05, 0.1) is 23.2 Å². The molecule has 0 fully saturated rings. The Morgan fingerprint density at radius 1 is 0.878 bits per heavy atom. The molecule has 1 aliphatic carbocycles. The molecule has 0 bridgehead atoms. The number of hydrogen-bond donors (Lipinski definition) is 3. The summed E-state index contributed by atoms with van der Waals surface area (Å²) in [6, 6.07) is 18.3. The maximum absolute atomic E-state index is 13.7. The summed E-state index contributed by atoms with van der Waals surface area (Å²) in [5, 5.41) is 11.8. The first-order valence-electron chi connectivity index (χ1n) is 14.0. The Kier molecular flexibility index (Phi) is 8.54. The van der Waals surface area contributed by atoms with Crippen molar-refractivity contribution in [3.05, 3.63) is 99.9 Å². The first-order valence-corrected chi connectivity index (χ1v) is 14.0. The zero-order valence-corrected chi connectivity index (χ0v) is 22.9. The molecule has 212 valence electrons. The van der Waals surface area contributed by atoms with Gasteiger partial charge >= 0.3 is 0 Å². The minimum atomic E-state index is -0.700. The molecule has 1 aliphatic heterocycles. The molecule has 0 spiro atoms. The topological polar surface area (TPSA) is 117 Å². The van der Waals surface area contributed by atoms with E-state index in [1.54, 1.807) is 12.1 Å². The van der Waals surface area contributed by atoms with Crippen molar-refractivity contribution in [2.24, 2.45) is 10.8 Å². The van der Waals surface area contributed by atoms with Crippen LogP contribution in [0.3, 0.4) is 0 Å². The normalized spacial score (nSPS) is 15.4. The number of aryl methyl sites for hydroxylation is 2. The summed E-state index contributed by atoms with van der Waals surface area (Å²) < 4.78 is 13.7. The van der Waals surface area contributed by atoms with Crippen molar-refractivity contribution in [3.8, 4) is 0 Å². The monoisotopic (exact) mass is 555 g/mol. The lowest BCUT2D eigenvalue weighted by Crippen LogP contribution is -2.38. The van der Waals surface area contributed by atoms with E-state index in [0.717, 1.165) is 64.8 Å². The van der Waals surface area contributed by atoms with Crippen molar-refractivity contribution in [2.45, 2.75) is 57.0 Å². The molecule has 5 rings (SSSR count). The van der Waals surface area contributed by atoms with Gasteiger partial charge in [0.2, 0.25) is 12.8 Å². The van der Waals surface area contributed by atoms with Crippen LogP contribution in [0.5, 0.6) is 0 Å². The van der Waals surface area contributed by atoms with Crippen LogP contribution >= 0.6 is 0 Å². The second-order valence-corrected chi connectivity index (χ2v) is 10.5. The molecule has 3 aromatic carbocycles. The molecule has 9 heteroatoms. The number of hydrazone groups is 1. The van der Waals surface area contributed by atoms with Gasteiger partial charge in [0.15, 0.2) is 0 Å². The molecular formula is C32H34FN5O3. The molecule has 0 unspecified atom stereocenters. The van der Waals surface area contributed by atoms with Crippen LogP contribution < -0.4 is 21.4 Å².